The average Bonchev–Trinajstić information content (AvgIpc) is 2.72. The van der Waals surface area contributed by atoms with Crippen molar-refractivity contribution in [2.24, 2.45) is 0 Å². The first-order valence-electron chi connectivity index (χ1n) is 8.79. The summed E-state index contributed by atoms with van der Waals surface area (Å²) in [5, 5.41) is 0. The van der Waals surface area contributed by atoms with Gasteiger partial charge in [-0.15, -0.1) is 0 Å². The molecule has 2 aromatic rings. The van der Waals surface area contributed by atoms with Crippen LogP contribution in [0.15, 0.2) is 53.4 Å². The highest BCUT2D eigenvalue weighted by Gasteiger charge is 2.19. The van der Waals surface area contributed by atoms with Crippen molar-refractivity contribution in [2.75, 3.05) is 14.2 Å². The Morgan fingerprint density at radius 1 is 1.10 bits per heavy atom. The molecular weight excluding hydrogens is 394 g/mol. The Bertz CT molecular complexity index is 1030. The molecular formula is C21H23NO6S. The number of carbonyl (C=O) groups is 2. The van der Waals surface area contributed by atoms with Gasteiger partial charge in [-0.05, 0) is 44.7 Å². The highest BCUT2D eigenvalue weighted by atomic mass is 32.2. The van der Waals surface area contributed by atoms with Crippen LogP contribution in [0.4, 0.5) is 0 Å². The fourth-order valence-electron chi connectivity index (χ4n) is 2.50. The highest BCUT2D eigenvalue weighted by molar-refractivity contribution is 7.89. The number of hydrogen-bond donors (Lipinski definition) is 1. The van der Waals surface area contributed by atoms with Gasteiger partial charge in [0.05, 0.1) is 7.11 Å². The van der Waals surface area contributed by atoms with E-state index >= 15 is 0 Å². The van der Waals surface area contributed by atoms with E-state index in [4.69, 9.17) is 9.47 Å². The molecule has 0 saturated heterocycles. The van der Waals surface area contributed by atoms with Crippen molar-refractivity contribution in [3.63, 3.8) is 0 Å². The molecule has 0 heterocycles. The van der Waals surface area contributed by atoms with Gasteiger partial charge in [0.15, 0.2) is 6.10 Å². The molecule has 0 fully saturated rings. The van der Waals surface area contributed by atoms with Crippen LogP contribution >= 0.6 is 0 Å². The minimum Gasteiger partial charge on any atom is -0.495 e. The van der Waals surface area contributed by atoms with E-state index in [0.29, 0.717) is 11.1 Å². The number of hydrogen-bond acceptors (Lipinski definition) is 6. The third kappa shape index (κ3) is 5.75. The molecule has 0 aliphatic heterocycles. The maximum atomic E-state index is 12.3. The lowest BCUT2D eigenvalue weighted by molar-refractivity contribution is -0.140. The van der Waals surface area contributed by atoms with Crippen molar-refractivity contribution in [3.05, 3.63) is 65.2 Å². The first-order chi connectivity index (χ1) is 13.7. The number of Topliss-reactive ketones (excluding diaryl/α,β-unsaturated/α-hetero) is 1. The van der Waals surface area contributed by atoms with Crippen molar-refractivity contribution in [1.29, 1.82) is 0 Å². The lowest BCUT2D eigenvalue weighted by Crippen LogP contribution is -2.23. The quantitative estimate of drug-likeness (QED) is 0.403. The Morgan fingerprint density at radius 2 is 1.76 bits per heavy atom. The van der Waals surface area contributed by atoms with Crippen molar-refractivity contribution in [3.8, 4) is 5.75 Å². The minimum atomic E-state index is -3.74. The van der Waals surface area contributed by atoms with Crippen LogP contribution in [0.1, 0.15) is 28.4 Å². The van der Waals surface area contributed by atoms with Gasteiger partial charge in [-0.3, -0.25) is 4.79 Å². The summed E-state index contributed by atoms with van der Waals surface area (Å²) in [6.07, 6.45) is 1.58. The molecule has 8 heteroatoms. The molecule has 154 valence electrons. The van der Waals surface area contributed by atoms with Crippen LogP contribution in [0.25, 0.3) is 6.08 Å². The van der Waals surface area contributed by atoms with Crippen molar-refractivity contribution >= 4 is 27.9 Å². The Labute approximate surface area is 170 Å². The second-order valence-corrected chi connectivity index (χ2v) is 8.12. The van der Waals surface area contributed by atoms with Gasteiger partial charge in [0.25, 0.3) is 0 Å². The number of aryl methyl sites for hydroxylation is 1. The number of rotatable bonds is 8. The fourth-order valence-corrected chi connectivity index (χ4v) is 3.43. The normalized spacial score (nSPS) is 12.6. The third-order valence-corrected chi connectivity index (χ3v) is 5.59. The second kappa shape index (κ2) is 9.49. The summed E-state index contributed by atoms with van der Waals surface area (Å²) in [6, 6.07) is 11.4. The fraction of sp³-hybridized carbons (Fsp3) is 0.238. The summed E-state index contributed by atoms with van der Waals surface area (Å²) in [5.74, 6) is -0.846. The zero-order valence-corrected chi connectivity index (χ0v) is 17.4. The Kier molecular flexibility index (Phi) is 7.30. The smallest absolute Gasteiger partial charge is 0.331 e. The number of esters is 1. The predicted octanol–water partition coefficient (Wildman–Crippen LogP) is 2.74. The van der Waals surface area contributed by atoms with E-state index in [1.165, 1.54) is 39.3 Å². The second-order valence-electron chi connectivity index (χ2n) is 6.26. The molecule has 1 atom stereocenters. The maximum absolute atomic E-state index is 12.3. The monoisotopic (exact) mass is 417 g/mol. The van der Waals surface area contributed by atoms with Gasteiger partial charge in [-0.1, -0.05) is 35.9 Å². The van der Waals surface area contributed by atoms with E-state index in [9.17, 15) is 18.0 Å². The zero-order chi connectivity index (χ0) is 21.6. The molecule has 0 aliphatic carbocycles. The van der Waals surface area contributed by atoms with Gasteiger partial charge in [0.2, 0.25) is 15.8 Å². The molecule has 1 N–H and O–H groups in total. The molecule has 0 amide bonds. The Balaban J connectivity index is 2.11. The van der Waals surface area contributed by atoms with E-state index < -0.39 is 22.1 Å². The molecule has 0 bridgehead atoms. The summed E-state index contributed by atoms with van der Waals surface area (Å²) in [6.45, 7) is 3.41. The van der Waals surface area contributed by atoms with E-state index in [-0.39, 0.29) is 16.4 Å². The average molecular weight is 417 g/mol. The number of sulfonamides is 1. The van der Waals surface area contributed by atoms with E-state index in [2.05, 4.69) is 4.72 Å². The van der Waals surface area contributed by atoms with Crippen molar-refractivity contribution in [2.45, 2.75) is 24.8 Å². The molecule has 2 aromatic carbocycles. The first-order valence-corrected chi connectivity index (χ1v) is 10.3. The molecule has 0 aromatic heterocycles. The SMILES string of the molecule is CNS(=O)(=O)c1cc(/C=C/C(=O)O[C@H](C)C(=O)c2ccc(C)cc2)ccc1OC. The van der Waals surface area contributed by atoms with Crippen LogP contribution < -0.4 is 9.46 Å². The summed E-state index contributed by atoms with van der Waals surface area (Å²) < 4.78 is 36.6. The molecule has 0 saturated carbocycles. The number of carbonyl (C=O) groups excluding carboxylic acids is 2. The van der Waals surface area contributed by atoms with Crippen LogP contribution in [0.5, 0.6) is 5.75 Å². The van der Waals surface area contributed by atoms with Crippen LogP contribution in [0.3, 0.4) is 0 Å². The Morgan fingerprint density at radius 3 is 2.34 bits per heavy atom. The third-order valence-electron chi connectivity index (χ3n) is 4.16. The van der Waals surface area contributed by atoms with E-state index in [0.717, 1.165) is 11.6 Å². The first kappa shape index (κ1) is 22.3. The maximum Gasteiger partial charge on any atom is 0.331 e. The van der Waals surface area contributed by atoms with Gasteiger partial charge in [0.1, 0.15) is 10.6 Å². The van der Waals surface area contributed by atoms with Gasteiger partial charge >= 0.3 is 5.97 Å². The topological polar surface area (TPSA) is 98.8 Å². The van der Waals surface area contributed by atoms with E-state index in [1.807, 2.05) is 19.1 Å². The molecule has 7 nitrogen and oxygen atoms in total. The Hall–Kier alpha value is -2.97. The van der Waals surface area contributed by atoms with Gasteiger partial charge in [-0.2, -0.15) is 0 Å². The van der Waals surface area contributed by atoms with Crippen molar-refractivity contribution in [1.82, 2.24) is 4.72 Å². The number of ether oxygens (including phenoxy) is 2. The molecule has 0 unspecified atom stereocenters. The van der Waals surface area contributed by atoms with Gasteiger partial charge in [0, 0.05) is 11.6 Å². The largest absolute Gasteiger partial charge is 0.495 e. The number of nitrogens with one attached hydrogen (secondary N) is 1. The van der Waals surface area contributed by atoms with Crippen LogP contribution in [0, 0.1) is 6.92 Å². The highest BCUT2D eigenvalue weighted by Crippen LogP contribution is 2.25. The summed E-state index contributed by atoms with van der Waals surface area (Å²) >= 11 is 0. The van der Waals surface area contributed by atoms with Gasteiger partial charge < -0.3 is 9.47 Å². The number of benzene rings is 2. The molecule has 2 rings (SSSR count). The zero-order valence-electron chi connectivity index (χ0n) is 16.6. The number of methoxy groups -OCH3 is 1. The predicted molar refractivity (Wildman–Crippen MR) is 109 cm³/mol. The van der Waals surface area contributed by atoms with Crippen LogP contribution in [-0.2, 0) is 19.6 Å². The molecule has 0 aliphatic rings. The number of ketones is 1. The lowest BCUT2D eigenvalue weighted by Gasteiger charge is -2.11. The van der Waals surface area contributed by atoms with Crippen molar-refractivity contribution < 1.29 is 27.5 Å². The minimum absolute atomic E-state index is 0.0547. The van der Waals surface area contributed by atoms with Gasteiger partial charge in [-0.25, -0.2) is 17.9 Å². The summed E-state index contributed by atoms with van der Waals surface area (Å²) in [5.41, 5.74) is 1.93. The summed E-state index contributed by atoms with van der Waals surface area (Å²) in [4.78, 5) is 24.3. The van der Waals surface area contributed by atoms with Crippen LogP contribution in [0.2, 0.25) is 0 Å². The summed E-state index contributed by atoms with van der Waals surface area (Å²) in [7, 11) is -1.08. The lowest BCUT2D eigenvalue weighted by atomic mass is 10.1. The van der Waals surface area contributed by atoms with E-state index in [1.54, 1.807) is 18.2 Å². The standard InChI is InChI=1S/C21H23NO6S/c1-14-5-9-17(10-6-14)21(24)15(2)28-20(23)12-8-16-7-11-18(27-4)19(13-16)29(25,26)22-3/h5-13,15,22H,1-4H3/b12-8+/t15-/m1/s1. The molecule has 0 radical (unpaired) electrons. The molecule has 29 heavy (non-hydrogen) atoms. The molecule has 0 spiro atoms. The van der Waals surface area contributed by atoms with Crippen LogP contribution in [-0.4, -0.2) is 40.4 Å².